The zero-order chi connectivity index (χ0) is 30.1. The topological polar surface area (TPSA) is 91.0 Å². The first-order valence-electron chi connectivity index (χ1n) is 13.4. The van der Waals surface area contributed by atoms with Gasteiger partial charge in [0.1, 0.15) is 11.5 Å². The lowest BCUT2D eigenvalue weighted by Crippen LogP contribution is -2.31. The van der Waals surface area contributed by atoms with E-state index in [1.165, 1.54) is 27.9 Å². The van der Waals surface area contributed by atoms with Gasteiger partial charge in [0.05, 0.1) is 37.6 Å². The summed E-state index contributed by atoms with van der Waals surface area (Å²) in [6.45, 7) is 5.99. The molecule has 0 radical (unpaired) electrons. The first kappa shape index (κ1) is 29.0. The van der Waals surface area contributed by atoms with Crippen molar-refractivity contribution in [2.45, 2.75) is 33.6 Å². The van der Waals surface area contributed by atoms with Gasteiger partial charge in [0.2, 0.25) is 5.91 Å². The van der Waals surface area contributed by atoms with E-state index in [2.05, 4.69) is 10.1 Å². The van der Waals surface area contributed by atoms with Crippen LogP contribution in [0, 0.1) is 26.6 Å². The van der Waals surface area contributed by atoms with Gasteiger partial charge in [0, 0.05) is 30.4 Å². The van der Waals surface area contributed by atoms with E-state index in [1.807, 2.05) is 32.0 Å². The molecule has 0 N–H and O–H groups in total. The zero-order valence-corrected chi connectivity index (χ0v) is 25.2. The molecule has 0 spiro atoms. The Hall–Kier alpha value is -4.51. The average Bonchev–Trinajstić information content (AvgIpc) is 3.55. The number of rotatable bonds is 9. The van der Waals surface area contributed by atoms with Crippen LogP contribution in [0.15, 0.2) is 52.6 Å². The number of thiazole rings is 1. The molecule has 5 aromatic rings. The maximum absolute atomic E-state index is 14.0. The minimum atomic E-state index is -0.368. The van der Waals surface area contributed by atoms with Crippen molar-refractivity contribution in [3.63, 3.8) is 0 Å². The number of carbonyl (C=O) groups excluding carboxylic acids is 1. The van der Waals surface area contributed by atoms with Crippen molar-refractivity contribution in [3.8, 4) is 28.4 Å². The first-order valence-corrected chi connectivity index (χ1v) is 14.3. The fourth-order valence-corrected chi connectivity index (χ4v) is 5.85. The van der Waals surface area contributed by atoms with Crippen LogP contribution >= 0.6 is 11.3 Å². The molecule has 2 aromatic carbocycles. The zero-order valence-electron chi connectivity index (χ0n) is 24.4. The molecule has 9 nitrogen and oxygen atoms in total. The molecule has 0 aliphatic heterocycles. The van der Waals surface area contributed by atoms with Crippen molar-refractivity contribution >= 4 is 22.2 Å². The lowest BCUT2D eigenvalue weighted by atomic mass is 10.1. The average molecular weight is 590 g/mol. The molecule has 42 heavy (non-hydrogen) atoms. The molecule has 0 aliphatic carbocycles. The monoisotopic (exact) mass is 589 g/mol. The van der Waals surface area contributed by atoms with E-state index in [9.17, 15) is 14.0 Å². The van der Waals surface area contributed by atoms with Crippen LogP contribution in [0.1, 0.15) is 28.2 Å². The van der Waals surface area contributed by atoms with E-state index in [0.29, 0.717) is 57.8 Å². The van der Waals surface area contributed by atoms with Crippen LogP contribution in [0.25, 0.3) is 21.9 Å². The van der Waals surface area contributed by atoms with Crippen LogP contribution in [0.3, 0.4) is 0 Å². The number of nitrogens with zero attached hydrogens (tertiary/aromatic N) is 5. The Morgan fingerprint density at radius 3 is 2.55 bits per heavy atom. The molecule has 218 valence electrons. The molecule has 0 unspecified atom stereocenters. The number of likely N-dealkylation sites (N-methyl/N-ethyl adjacent to an activating group) is 1. The number of ether oxygens (including phenoxy) is 2. The highest BCUT2D eigenvalue weighted by atomic mass is 32.1. The fraction of sp³-hybridized carbons (Fsp3) is 0.290. The number of carbonyl (C=O) groups is 1. The number of hydrogen-bond donors (Lipinski definition) is 0. The van der Waals surface area contributed by atoms with E-state index in [1.54, 1.807) is 55.3 Å². The van der Waals surface area contributed by atoms with Gasteiger partial charge in [-0.2, -0.15) is 5.10 Å². The number of aromatic nitrogens is 4. The highest BCUT2D eigenvalue weighted by Crippen LogP contribution is 2.28. The summed E-state index contributed by atoms with van der Waals surface area (Å²) in [6.07, 6.45) is 0.674. The summed E-state index contributed by atoms with van der Waals surface area (Å²) in [5.74, 6) is 0.797. The fourth-order valence-electron chi connectivity index (χ4n) is 4.92. The SMILES string of the molecule is COc1ccc(CCN(C)C(=O)Cc2csc3nc(C)c(-c4cc(C)n(-c5cc(F)ccc5C)n4)c(=O)n23)cc1OC. The molecule has 0 atom stereocenters. The normalized spacial score (nSPS) is 11.2. The van der Waals surface area contributed by atoms with Gasteiger partial charge in [-0.15, -0.1) is 11.3 Å². The summed E-state index contributed by atoms with van der Waals surface area (Å²) in [6, 6.07) is 12.0. The minimum Gasteiger partial charge on any atom is -0.493 e. The number of aryl methyl sites for hydroxylation is 3. The number of amides is 1. The van der Waals surface area contributed by atoms with Gasteiger partial charge in [-0.25, -0.2) is 14.1 Å². The predicted octanol–water partition coefficient (Wildman–Crippen LogP) is 4.93. The lowest BCUT2D eigenvalue weighted by Gasteiger charge is -2.18. The Morgan fingerprint density at radius 1 is 1.05 bits per heavy atom. The second kappa shape index (κ2) is 11.8. The van der Waals surface area contributed by atoms with Crippen LogP contribution in [-0.2, 0) is 17.6 Å². The molecule has 0 saturated heterocycles. The summed E-state index contributed by atoms with van der Waals surface area (Å²) in [5.41, 5.74) is 4.80. The molecule has 11 heteroatoms. The van der Waals surface area contributed by atoms with Gasteiger partial charge < -0.3 is 14.4 Å². The molecule has 3 aromatic heterocycles. The highest BCUT2D eigenvalue weighted by molar-refractivity contribution is 7.15. The largest absolute Gasteiger partial charge is 0.493 e. The van der Waals surface area contributed by atoms with Crippen molar-refractivity contribution < 1.29 is 18.7 Å². The maximum atomic E-state index is 14.0. The van der Waals surface area contributed by atoms with Crippen molar-refractivity contribution in [2.75, 3.05) is 27.8 Å². The number of halogens is 1. The van der Waals surface area contributed by atoms with Crippen LogP contribution in [0.5, 0.6) is 11.5 Å². The van der Waals surface area contributed by atoms with E-state index < -0.39 is 0 Å². The van der Waals surface area contributed by atoms with E-state index in [0.717, 1.165) is 16.8 Å². The second-order valence-electron chi connectivity index (χ2n) is 10.2. The second-order valence-corrected chi connectivity index (χ2v) is 11.0. The van der Waals surface area contributed by atoms with Crippen molar-refractivity contribution in [3.05, 3.63) is 92.2 Å². The molecular weight excluding hydrogens is 557 g/mol. The van der Waals surface area contributed by atoms with Crippen LogP contribution < -0.4 is 15.0 Å². The van der Waals surface area contributed by atoms with E-state index >= 15 is 0 Å². The highest BCUT2D eigenvalue weighted by Gasteiger charge is 2.21. The van der Waals surface area contributed by atoms with Gasteiger partial charge in [-0.1, -0.05) is 12.1 Å². The summed E-state index contributed by atoms with van der Waals surface area (Å²) >= 11 is 1.31. The van der Waals surface area contributed by atoms with Crippen LogP contribution in [0.2, 0.25) is 0 Å². The number of benzene rings is 2. The number of fused-ring (bicyclic) bond motifs is 1. The molecule has 3 heterocycles. The Labute approximate surface area is 246 Å². The van der Waals surface area contributed by atoms with Gasteiger partial charge in [0.25, 0.3) is 5.56 Å². The summed E-state index contributed by atoms with van der Waals surface area (Å²) < 4.78 is 27.8. The van der Waals surface area contributed by atoms with E-state index in [-0.39, 0.29) is 23.7 Å². The number of hydrogen-bond acceptors (Lipinski definition) is 7. The quantitative estimate of drug-likeness (QED) is 0.242. The van der Waals surface area contributed by atoms with Crippen molar-refractivity contribution in [1.82, 2.24) is 24.1 Å². The molecule has 5 rings (SSSR count). The van der Waals surface area contributed by atoms with Crippen LogP contribution in [-0.4, -0.2) is 57.8 Å². The Morgan fingerprint density at radius 2 is 1.81 bits per heavy atom. The Bertz CT molecular complexity index is 1860. The lowest BCUT2D eigenvalue weighted by molar-refractivity contribution is -0.129. The first-order chi connectivity index (χ1) is 20.1. The Kier molecular flexibility index (Phi) is 8.13. The molecule has 0 saturated carbocycles. The third-order valence-electron chi connectivity index (χ3n) is 7.31. The summed E-state index contributed by atoms with van der Waals surface area (Å²) in [7, 11) is 4.92. The standard InChI is InChI=1S/C31H32FN5O4S/c1-18-7-9-22(32)15-25(18)37-19(2)13-24(34-37)29-20(3)33-31-36(30(29)39)23(17-42-31)16-28(38)35(4)12-11-21-8-10-26(40-5)27(14-21)41-6/h7-10,13-15,17H,11-12,16H2,1-6H3. The van der Waals surface area contributed by atoms with Gasteiger partial charge in [-0.3, -0.25) is 14.0 Å². The maximum Gasteiger partial charge on any atom is 0.268 e. The van der Waals surface area contributed by atoms with E-state index in [4.69, 9.17) is 9.47 Å². The number of methoxy groups -OCH3 is 2. The van der Waals surface area contributed by atoms with Gasteiger partial charge >= 0.3 is 0 Å². The Balaban J connectivity index is 1.40. The molecule has 1 amide bonds. The van der Waals surface area contributed by atoms with Crippen molar-refractivity contribution in [1.29, 1.82) is 0 Å². The summed E-state index contributed by atoms with van der Waals surface area (Å²) in [4.78, 5) is 33.9. The molecule has 0 aliphatic rings. The molecule has 0 bridgehead atoms. The molecule has 0 fully saturated rings. The van der Waals surface area contributed by atoms with Gasteiger partial charge in [0.15, 0.2) is 16.5 Å². The van der Waals surface area contributed by atoms with Crippen LogP contribution in [0.4, 0.5) is 4.39 Å². The van der Waals surface area contributed by atoms with Gasteiger partial charge in [-0.05, 0) is 68.7 Å². The smallest absolute Gasteiger partial charge is 0.268 e. The van der Waals surface area contributed by atoms with Crippen molar-refractivity contribution in [2.24, 2.45) is 0 Å². The minimum absolute atomic E-state index is 0.0441. The predicted molar refractivity (Wildman–Crippen MR) is 161 cm³/mol. The third kappa shape index (κ3) is 5.52. The third-order valence-corrected chi connectivity index (χ3v) is 8.18. The molecular formula is C31H32FN5O4S. The summed E-state index contributed by atoms with van der Waals surface area (Å²) in [5, 5.41) is 6.47.